The predicted octanol–water partition coefficient (Wildman–Crippen LogP) is 3.09. The molecule has 0 fully saturated rings. The summed E-state index contributed by atoms with van der Waals surface area (Å²) in [6.07, 6.45) is 3.28. The van der Waals surface area contributed by atoms with Gasteiger partial charge in [-0.3, -0.25) is 25.8 Å². The van der Waals surface area contributed by atoms with Crippen molar-refractivity contribution >= 4 is 17.4 Å². The number of hydrogen-bond acceptors (Lipinski definition) is 8. The molecule has 0 bridgehead atoms. The molecule has 0 spiro atoms. The third-order valence-corrected chi connectivity index (χ3v) is 3.56. The molecule has 0 aliphatic carbocycles. The van der Waals surface area contributed by atoms with E-state index in [4.69, 9.17) is 9.15 Å². The molecule has 1 amide bonds. The van der Waals surface area contributed by atoms with Gasteiger partial charge in [0.25, 0.3) is 0 Å². The number of amides is 1. The van der Waals surface area contributed by atoms with Crippen molar-refractivity contribution in [3.05, 3.63) is 70.4 Å². The molecule has 0 unspecified atom stereocenters. The van der Waals surface area contributed by atoms with E-state index >= 15 is 0 Å². The topological polar surface area (TPSA) is 132 Å². The van der Waals surface area contributed by atoms with Gasteiger partial charge in [-0.15, -0.1) is 0 Å². The molecule has 0 saturated carbocycles. The average molecular weight is 369 g/mol. The van der Waals surface area contributed by atoms with Gasteiger partial charge in [0, 0.05) is 0 Å². The summed E-state index contributed by atoms with van der Waals surface area (Å²) in [5.41, 5.74) is 5.25. The summed E-state index contributed by atoms with van der Waals surface area (Å²) < 4.78 is 10.5. The first-order valence-corrected chi connectivity index (χ1v) is 7.94. The third kappa shape index (κ3) is 4.18. The maximum Gasteiger partial charge on any atom is 0.374 e. The van der Waals surface area contributed by atoms with Crippen molar-refractivity contribution in [2.75, 3.05) is 5.43 Å². The van der Waals surface area contributed by atoms with E-state index in [1.165, 1.54) is 18.4 Å². The van der Waals surface area contributed by atoms with Crippen LogP contribution in [0.15, 0.2) is 53.4 Å². The molecule has 10 heteroatoms. The molecular weight excluding hydrogens is 354 g/mol. The summed E-state index contributed by atoms with van der Waals surface area (Å²) in [4.78, 5) is 30.3. The van der Waals surface area contributed by atoms with Gasteiger partial charge >= 0.3 is 17.5 Å². The normalized spacial score (nSPS) is 10.3. The van der Waals surface area contributed by atoms with Crippen molar-refractivity contribution in [3.8, 4) is 11.6 Å². The number of hydrogen-bond donors (Lipinski definition) is 2. The molecule has 0 aliphatic heterocycles. The van der Waals surface area contributed by atoms with Crippen LogP contribution in [0, 0.1) is 10.1 Å². The van der Waals surface area contributed by atoms with Gasteiger partial charge in [-0.2, -0.15) is 4.98 Å². The first-order chi connectivity index (χ1) is 13.1. The third-order valence-electron chi connectivity index (χ3n) is 3.56. The number of aromatic nitrogens is 2. The lowest BCUT2D eigenvalue weighted by molar-refractivity contribution is -0.385. The van der Waals surface area contributed by atoms with Crippen LogP contribution in [0.4, 0.5) is 11.5 Å². The number of nitro groups is 1. The van der Waals surface area contributed by atoms with E-state index in [1.807, 2.05) is 19.1 Å². The van der Waals surface area contributed by atoms with E-state index in [0.29, 0.717) is 5.75 Å². The number of ether oxygens (including phenoxy) is 1. The predicted molar refractivity (Wildman–Crippen MR) is 94.4 cm³/mol. The fraction of sp³-hybridized carbons (Fsp3) is 0.118. The van der Waals surface area contributed by atoms with Crippen molar-refractivity contribution in [2.45, 2.75) is 13.3 Å². The van der Waals surface area contributed by atoms with Crippen molar-refractivity contribution in [1.29, 1.82) is 0 Å². The van der Waals surface area contributed by atoms with Gasteiger partial charge in [-0.05, 0) is 36.2 Å². The fourth-order valence-electron chi connectivity index (χ4n) is 2.18. The molecule has 2 aromatic heterocycles. The first kappa shape index (κ1) is 17.9. The van der Waals surface area contributed by atoms with E-state index < -0.39 is 16.5 Å². The molecule has 0 saturated heterocycles. The quantitative estimate of drug-likeness (QED) is 0.479. The molecule has 0 aliphatic rings. The summed E-state index contributed by atoms with van der Waals surface area (Å²) in [6.45, 7) is 2.01. The Bertz CT molecular complexity index is 941. The summed E-state index contributed by atoms with van der Waals surface area (Å²) in [7, 11) is 0. The van der Waals surface area contributed by atoms with Gasteiger partial charge in [0.2, 0.25) is 5.82 Å². The van der Waals surface area contributed by atoms with E-state index in [2.05, 4.69) is 20.8 Å². The molecule has 0 atom stereocenters. The number of anilines is 1. The van der Waals surface area contributed by atoms with Crippen molar-refractivity contribution in [2.24, 2.45) is 0 Å². The van der Waals surface area contributed by atoms with E-state index in [9.17, 15) is 14.9 Å². The number of carbonyl (C=O) groups is 1. The van der Waals surface area contributed by atoms with Crippen molar-refractivity contribution < 1.29 is 18.9 Å². The van der Waals surface area contributed by atoms with Crippen molar-refractivity contribution in [3.63, 3.8) is 0 Å². The van der Waals surface area contributed by atoms with E-state index in [-0.39, 0.29) is 17.5 Å². The van der Waals surface area contributed by atoms with Crippen LogP contribution < -0.4 is 15.6 Å². The van der Waals surface area contributed by atoms with Gasteiger partial charge in [-0.25, -0.2) is 4.98 Å². The maximum absolute atomic E-state index is 11.9. The number of furan rings is 1. The minimum atomic E-state index is -0.697. The van der Waals surface area contributed by atoms with Crippen LogP contribution in [-0.4, -0.2) is 20.8 Å². The highest BCUT2D eigenvalue weighted by Crippen LogP contribution is 2.33. The Balaban J connectivity index is 1.81. The fourth-order valence-corrected chi connectivity index (χ4v) is 2.18. The zero-order valence-electron chi connectivity index (χ0n) is 14.2. The standard InChI is InChI=1S/C17H15N5O5/c1-2-11-5-7-12(8-6-11)27-17-14(22(24)25)15(18-10-19-17)20-21-16(23)13-4-3-9-26-13/h3-10H,2H2,1H3,(H,21,23)(H,18,19,20). The van der Waals surface area contributed by atoms with E-state index in [1.54, 1.807) is 12.1 Å². The Kier molecular flexibility index (Phi) is 5.26. The van der Waals surface area contributed by atoms with Crippen LogP contribution in [0.3, 0.4) is 0 Å². The number of benzene rings is 1. The number of rotatable bonds is 7. The second kappa shape index (κ2) is 7.95. The summed E-state index contributed by atoms with van der Waals surface area (Å²) in [5, 5.41) is 11.5. The van der Waals surface area contributed by atoms with Gasteiger partial charge in [0.15, 0.2) is 5.76 Å². The molecule has 2 heterocycles. The van der Waals surface area contributed by atoms with Crippen molar-refractivity contribution in [1.82, 2.24) is 15.4 Å². The first-order valence-electron chi connectivity index (χ1n) is 7.94. The lowest BCUT2D eigenvalue weighted by atomic mass is 10.2. The zero-order valence-corrected chi connectivity index (χ0v) is 14.2. The molecule has 3 rings (SSSR count). The van der Waals surface area contributed by atoms with Crippen LogP contribution in [0.1, 0.15) is 23.0 Å². The molecule has 2 N–H and O–H groups in total. The van der Waals surface area contributed by atoms with Crippen LogP contribution >= 0.6 is 0 Å². The molecule has 138 valence electrons. The Morgan fingerprint density at radius 1 is 1.26 bits per heavy atom. The number of hydrazine groups is 1. The summed E-state index contributed by atoms with van der Waals surface area (Å²) >= 11 is 0. The highest BCUT2D eigenvalue weighted by Gasteiger charge is 2.25. The number of carbonyl (C=O) groups excluding carboxylic acids is 1. The summed E-state index contributed by atoms with van der Waals surface area (Å²) in [6, 6.07) is 10.1. The lowest BCUT2D eigenvalue weighted by Gasteiger charge is -2.10. The van der Waals surface area contributed by atoms with Crippen LogP contribution in [0.2, 0.25) is 0 Å². The van der Waals surface area contributed by atoms with Crippen LogP contribution in [-0.2, 0) is 6.42 Å². The zero-order chi connectivity index (χ0) is 19.2. The van der Waals surface area contributed by atoms with Crippen LogP contribution in [0.25, 0.3) is 0 Å². The molecular formula is C17H15N5O5. The van der Waals surface area contributed by atoms with Gasteiger partial charge < -0.3 is 9.15 Å². The monoisotopic (exact) mass is 369 g/mol. The number of aryl methyl sites for hydroxylation is 1. The highest BCUT2D eigenvalue weighted by molar-refractivity contribution is 5.92. The Morgan fingerprint density at radius 3 is 2.67 bits per heavy atom. The minimum absolute atomic E-state index is 0.0340. The largest absolute Gasteiger partial charge is 0.459 e. The Labute approximate surface area is 153 Å². The molecule has 0 radical (unpaired) electrons. The minimum Gasteiger partial charge on any atom is -0.459 e. The summed E-state index contributed by atoms with van der Waals surface area (Å²) in [5.74, 6) is -0.680. The molecule has 10 nitrogen and oxygen atoms in total. The highest BCUT2D eigenvalue weighted by atomic mass is 16.6. The second-order valence-corrected chi connectivity index (χ2v) is 5.29. The molecule has 1 aromatic carbocycles. The van der Waals surface area contributed by atoms with Gasteiger partial charge in [0.05, 0.1) is 11.2 Å². The van der Waals surface area contributed by atoms with Crippen LogP contribution in [0.5, 0.6) is 11.6 Å². The number of nitrogens with one attached hydrogen (secondary N) is 2. The second-order valence-electron chi connectivity index (χ2n) is 5.29. The van der Waals surface area contributed by atoms with Gasteiger partial charge in [0.1, 0.15) is 12.1 Å². The molecule has 3 aromatic rings. The Morgan fingerprint density at radius 2 is 2.04 bits per heavy atom. The Hall–Kier alpha value is -3.95. The maximum atomic E-state index is 11.9. The molecule has 27 heavy (non-hydrogen) atoms. The number of nitrogens with zero attached hydrogens (tertiary/aromatic N) is 3. The average Bonchev–Trinajstić information content (AvgIpc) is 3.21. The smallest absolute Gasteiger partial charge is 0.374 e. The van der Waals surface area contributed by atoms with Gasteiger partial charge in [-0.1, -0.05) is 19.1 Å². The van der Waals surface area contributed by atoms with E-state index in [0.717, 1.165) is 18.3 Å². The lowest BCUT2D eigenvalue weighted by Crippen LogP contribution is -2.30. The SMILES string of the molecule is CCc1ccc(Oc2ncnc(NNC(=O)c3ccco3)c2[N+](=O)[O-])cc1.